The topological polar surface area (TPSA) is 49.3 Å². The summed E-state index contributed by atoms with van der Waals surface area (Å²) in [7, 11) is 0. The van der Waals surface area contributed by atoms with Crippen molar-refractivity contribution in [3.8, 4) is 0 Å². The first-order chi connectivity index (χ1) is 12.7. The molecule has 0 unspecified atom stereocenters. The number of carbonyl (C=O) groups excluding carboxylic acids is 1. The van der Waals surface area contributed by atoms with Gasteiger partial charge in [0.1, 0.15) is 5.69 Å². The van der Waals surface area contributed by atoms with Crippen LogP contribution in [0.5, 0.6) is 0 Å². The number of amides is 1. The fourth-order valence-electron chi connectivity index (χ4n) is 2.83. The Bertz CT molecular complexity index is 852. The average molecular weight is 346 g/mol. The number of nitrogens with zero attached hydrogens (tertiary/aromatic N) is 4. The normalized spacial score (nSPS) is 10.4. The largest absolute Gasteiger partial charge is 0.311 e. The number of hydrogen-bond donors (Lipinski definition) is 0. The summed E-state index contributed by atoms with van der Waals surface area (Å²) in [6.07, 6.45) is 1.64. The fourth-order valence-corrected chi connectivity index (χ4v) is 2.83. The van der Waals surface area contributed by atoms with E-state index in [4.69, 9.17) is 0 Å². The molecule has 0 aliphatic heterocycles. The summed E-state index contributed by atoms with van der Waals surface area (Å²) in [6, 6.07) is 21.2. The molecule has 5 nitrogen and oxygen atoms in total. The van der Waals surface area contributed by atoms with E-state index in [9.17, 15) is 4.79 Å². The van der Waals surface area contributed by atoms with Crippen molar-refractivity contribution < 1.29 is 4.79 Å². The number of anilines is 3. The van der Waals surface area contributed by atoms with Gasteiger partial charge in [-0.05, 0) is 44.2 Å². The first kappa shape index (κ1) is 17.6. The number of hydrogen-bond acceptors (Lipinski definition) is 4. The van der Waals surface area contributed by atoms with Crippen LogP contribution in [0.25, 0.3) is 0 Å². The average Bonchev–Trinajstić information content (AvgIpc) is 2.71. The lowest BCUT2D eigenvalue weighted by Crippen LogP contribution is -2.32. The quantitative estimate of drug-likeness (QED) is 0.668. The number of para-hydroxylation sites is 2. The van der Waals surface area contributed by atoms with Crippen LogP contribution in [0.2, 0.25) is 0 Å². The predicted molar refractivity (Wildman–Crippen MR) is 105 cm³/mol. The van der Waals surface area contributed by atoms with Gasteiger partial charge in [-0.1, -0.05) is 36.4 Å². The Morgan fingerprint density at radius 3 is 2.04 bits per heavy atom. The monoisotopic (exact) mass is 346 g/mol. The molecule has 1 aromatic heterocycles. The fraction of sp³-hybridized carbons (Fsp3) is 0.190. The van der Waals surface area contributed by atoms with Crippen molar-refractivity contribution in [1.29, 1.82) is 0 Å². The highest BCUT2D eigenvalue weighted by Gasteiger charge is 2.19. The molecule has 0 aliphatic rings. The third-order valence-corrected chi connectivity index (χ3v) is 4.12. The van der Waals surface area contributed by atoms with Crippen LogP contribution in [-0.4, -0.2) is 29.0 Å². The molecule has 0 bridgehead atoms. The molecule has 0 saturated heterocycles. The van der Waals surface area contributed by atoms with E-state index in [1.165, 1.54) is 0 Å². The van der Waals surface area contributed by atoms with Crippen molar-refractivity contribution >= 4 is 23.2 Å². The number of aromatic nitrogens is 2. The van der Waals surface area contributed by atoms with Gasteiger partial charge in [0.2, 0.25) is 5.95 Å². The Morgan fingerprint density at radius 2 is 1.46 bits per heavy atom. The minimum Gasteiger partial charge on any atom is -0.311 e. The molecule has 1 heterocycles. The molecule has 26 heavy (non-hydrogen) atoms. The van der Waals surface area contributed by atoms with Gasteiger partial charge in [0.15, 0.2) is 0 Å². The van der Waals surface area contributed by atoms with Crippen molar-refractivity contribution in [2.24, 2.45) is 0 Å². The lowest BCUT2D eigenvalue weighted by molar-refractivity contribution is 0.0983. The molecule has 0 radical (unpaired) electrons. The summed E-state index contributed by atoms with van der Waals surface area (Å²) >= 11 is 0. The van der Waals surface area contributed by atoms with Crippen LogP contribution < -0.4 is 9.80 Å². The highest BCUT2D eigenvalue weighted by atomic mass is 16.2. The minimum atomic E-state index is -0.133. The van der Waals surface area contributed by atoms with Crippen LogP contribution in [0.15, 0.2) is 72.9 Å². The van der Waals surface area contributed by atoms with Crippen LogP contribution in [0, 0.1) is 0 Å². The van der Waals surface area contributed by atoms with Gasteiger partial charge in [0, 0.05) is 30.7 Å². The minimum absolute atomic E-state index is 0.133. The third kappa shape index (κ3) is 3.72. The van der Waals surface area contributed by atoms with E-state index in [0.29, 0.717) is 24.7 Å². The zero-order valence-corrected chi connectivity index (χ0v) is 15.0. The lowest BCUT2D eigenvalue weighted by atomic mass is 10.2. The highest BCUT2D eigenvalue weighted by molar-refractivity contribution is 6.04. The molecule has 0 fully saturated rings. The van der Waals surface area contributed by atoms with Gasteiger partial charge in [-0.15, -0.1) is 0 Å². The van der Waals surface area contributed by atoms with E-state index in [2.05, 4.69) is 9.97 Å². The molecular weight excluding hydrogens is 324 g/mol. The van der Waals surface area contributed by atoms with Crippen LogP contribution in [-0.2, 0) is 0 Å². The van der Waals surface area contributed by atoms with Gasteiger partial charge in [-0.25, -0.2) is 9.97 Å². The van der Waals surface area contributed by atoms with Crippen molar-refractivity contribution in [3.63, 3.8) is 0 Å². The van der Waals surface area contributed by atoms with Gasteiger partial charge in [-0.2, -0.15) is 0 Å². The summed E-state index contributed by atoms with van der Waals surface area (Å²) in [5.74, 6) is 0.389. The van der Waals surface area contributed by atoms with E-state index in [1.54, 1.807) is 17.2 Å². The zero-order chi connectivity index (χ0) is 18.4. The number of rotatable bonds is 6. The summed E-state index contributed by atoms with van der Waals surface area (Å²) in [5.41, 5.74) is 2.24. The zero-order valence-electron chi connectivity index (χ0n) is 15.0. The number of carbonyl (C=O) groups is 1. The van der Waals surface area contributed by atoms with E-state index in [0.717, 1.165) is 11.4 Å². The Balaban J connectivity index is 1.92. The van der Waals surface area contributed by atoms with Crippen LogP contribution in [0.4, 0.5) is 17.3 Å². The van der Waals surface area contributed by atoms with Gasteiger partial charge in [0.05, 0.1) is 0 Å². The molecular formula is C21H22N4O. The Morgan fingerprint density at radius 1 is 0.846 bits per heavy atom. The lowest BCUT2D eigenvalue weighted by Gasteiger charge is -2.23. The first-order valence-corrected chi connectivity index (χ1v) is 8.77. The molecule has 3 aromatic rings. The molecule has 2 aromatic carbocycles. The van der Waals surface area contributed by atoms with Crippen LogP contribution >= 0.6 is 0 Å². The molecule has 0 aliphatic carbocycles. The Kier molecular flexibility index (Phi) is 5.59. The van der Waals surface area contributed by atoms with Crippen LogP contribution in [0.1, 0.15) is 24.3 Å². The molecule has 0 saturated carbocycles. The van der Waals surface area contributed by atoms with Crippen molar-refractivity contribution in [1.82, 2.24) is 9.97 Å². The second-order valence-corrected chi connectivity index (χ2v) is 5.71. The highest BCUT2D eigenvalue weighted by Crippen LogP contribution is 2.22. The summed E-state index contributed by atoms with van der Waals surface area (Å²) in [5, 5.41) is 0. The summed E-state index contributed by atoms with van der Waals surface area (Å²) in [6.45, 7) is 5.26. The summed E-state index contributed by atoms with van der Waals surface area (Å²) < 4.78 is 0. The Labute approximate surface area is 153 Å². The predicted octanol–water partition coefficient (Wildman–Crippen LogP) is 4.30. The molecule has 1 amide bonds. The van der Waals surface area contributed by atoms with Gasteiger partial charge in [0.25, 0.3) is 5.91 Å². The van der Waals surface area contributed by atoms with Gasteiger partial charge >= 0.3 is 0 Å². The van der Waals surface area contributed by atoms with Gasteiger partial charge in [-0.3, -0.25) is 4.79 Å². The molecule has 132 valence electrons. The standard InChI is InChI=1S/C21H22N4O/c1-3-24(17-11-7-5-8-12-17)20(26)19-15-16-22-21(23-19)25(4-2)18-13-9-6-10-14-18/h5-16H,3-4H2,1-2H3. The molecule has 3 rings (SSSR count). The molecule has 0 spiro atoms. The van der Waals surface area contributed by atoms with E-state index in [-0.39, 0.29) is 5.91 Å². The molecule has 0 N–H and O–H groups in total. The van der Waals surface area contributed by atoms with Crippen molar-refractivity contribution in [2.45, 2.75) is 13.8 Å². The SMILES string of the molecule is CCN(C(=O)c1ccnc(N(CC)c2ccccc2)n1)c1ccccc1. The maximum atomic E-state index is 13.0. The molecule has 5 heteroatoms. The van der Waals surface area contributed by atoms with E-state index < -0.39 is 0 Å². The van der Waals surface area contributed by atoms with E-state index in [1.807, 2.05) is 79.4 Å². The van der Waals surface area contributed by atoms with Crippen molar-refractivity contribution in [2.75, 3.05) is 22.9 Å². The van der Waals surface area contributed by atoms with E-state index >= 15 is 0 Å². The Hall–Kier alpha value is -3.21. The van der Waals surface area contributed by atoms with Gasteiger partial charge < -0.3 is 9.80 Å². The summed E-state index contributed by atoms with van der Waals surface area (Å²) in [4.78, 5) is 25.6. The van der Waals surface area contributed by atoms with Crippen LogP contribution in [0.3, 0.4) is 0 Å². The maximum Gasteiger partial charge on any atom is 0.277 e. The first-order valence-electron chi connectivity index (χ1n) is 8.77. The second-order valence-electron chi connectivity index (χ2n) is 5.71. The molecule has 0 atom stereocenters. The smallest absolute Gasteiger partial charge is 0.277 e. The second kappa shape index (κ2) is 8.25. The maximum absolute atomic E-state index is 13.0. The third-order valence-electron chi connectivity index (χ3n) is 4.12. The van der Waals surface area contributed by atoms with Crippen molar-refractivity contribution in [3.05, 3.63) is 78.6 Å². The number of benzene rings is 2.